The molecule has 1 aliphatic heterocycles. The molecule has 0 aromatic carbocycles. The van der Waals surface area contributed by atoms with E-state index >= 15 is 0 Å². The Kier molecular flexibility index (Phi) is 2.71. The van der Waals surface area contributed by atoms with Crippen molar-refractivity contribution in [3.05, 3.63) is 24.6 Å². The van der Waals surface area contributed by atoms with Gasteiger partial charge in [0.2, 0.25) is 0 Å². The van der Waals surface area contributed by atoms with Crippen LogP contribution in [0.2, 0.25) is 11.6 Å². The Morgan fingerprint density at radius 1 is 1.27 bits per heavy atom. The van der Waals surface area contributed by atoms with Crippen molar-refractivity contribution in [3.63, 3.8) is 0 Å². The quantitative estimate of drug-likeness (QED) is 0.551. The van der Waals surface area contributed by atoms with Gasteiger partial charge in [-0.25, -0.2) is 0 Å². The lowest BCUT2D eigenvalue weighted by Crippen LogP contribution is -2.36. The molecule has 0 amide bonds. The minimum Gasteiger partial charge on any atom is -0.107 e. The smallest absolute Gasteiger partial charge is 0.103 e. The maximum atomic E-state index is 3.97. The Labute approximate surface area is 71.0 Å². The summed E-state index contributed by atoms with van der Waals surface area (Å²) in [6, 6.07) is 1.39. The third kappa shape index (κ3) is 1.48. The first-order valence-electron chi connectivity index (χ1n) is 4.52. The number of hydrogen-bond donors (Lipinski definition) is 0. The summed E-state index contributed by atoms with van der Waals surface area (Å²) >= 11 is 0. The lowest BCUT2D eigenvalue weighted by Gasteiger charge is -2.35. The van der Waals surface area contributed by atoms with E-state index in [9.17, 15) is 0 Å². The number of rotatable bonds is 2. The highest BCUT2D eigenvalue weighted by atomic mass is 28.3. The molecule has 0 radical (unpaired) electrons. The van der Waals surface area contributed by atoms with Crippen molar-refractivity contribution in [2.45, 2.75) is 37.8 Å². The molecule has 0 nitrogen and oxygen atoms in total. The standard InChI is InChI=1S/C10H18Si/c1-4-11(5-2)9-7-6-8-10(11)3/h4-5,10H,1-2,6-9H2,3H3. The molecule has 0 saturated carbocycles. The van der Waals surface area contributed by atoms with Crippen LogP contribution in [0.3, 0.4) is 0 Å². The summed E-state index contributed by atoms with van der Waals surface area (Å²) in [6.07, 6.45) is 4.20. The molecule has 0 aliphatic carbocycles. The van der Waals surface area contributed by atoms with Crippen LogP contribution in [0.4, 0.5) is 0 Å². The van der Waals surface area contributed by atoms with Crippen LogP contribution in [0, 0.1) is 0 Å². The Balaban J connectivity index is 2.77. The topological polar surface area (TPSA) is 0 Å². The van der Waals surface area contributed by atoms with Crippen molar-refractivity contribution in [1.29, 1.82) is 0 Å². The fourth-order valence-electron chi connectivity index (χ4n) is 2.09. The van der Waals surface area contributed by atoms with Crippen LogP contribution in [-0.2, 0) is 0 Å². The van der Waals surface area contributed by atoms with Crippen molar-refractivity contribution in [3.8, 4) is 0 Å². The third-order valence-corrected chi connectivity index (χ3v) is 8.04. The average molecular weight is 166 g/mol. The van der Waals surface area contributed by atoms with E-state index in [1.807, 2.05) is 0 Å². The molecule has 1 rings (SSSR count). The third-order valence-electron chi connectivity index (χ3n) is 3.17. The second-order valence-corrected chi connectivity index (χ2v) is 8.19. The Bertz CT molecular complexity index is 152. The Hall–Kier alpha value is -0.303. The van der Waals surface area contributed by atoms with E-state index in [2.05, 4.69) is 31.5 Å². The summed E-state index contributed by atoms with van der Waals surface area (Å²) in [5.41, 5.74) is 5.33. The first kappa shape index (κ1) is 8.79. The van der Waals surface area contributed by atoms with E-state index in [0.29, 0.717) is 0 Å². The maximum absolute atomic E-state index is 3.97. The summed E-state index contributed by atoms with van der Waals surface area (Å²) in [7, 11) is -1.21. The highest BCUT2D eigenvalue weighted by Gasteiger charge is 2.34. The average Bonchev–Trinajstić information content (AvgIpc) is 2.06. The van der Waals surface area contributed by atoms with Gasteiger partial charge in [-0.1, -0.05) is 43.6 Å². The molecule has 0 bridgehead atoms. The predicted molar refractivity (Wildman–Crippen MR) is 54.2 cm³/mol. The van der Waals surface area contributed by atoms with E-state index in [1.165, 1.54) is 25.3 Å². The normalized spacial score (nSPS) is 29.4. The van der Waals surface area contributed by atoms with Crippen molar-refractivity contribution < 1.29 is 0 Å². The van der Waals surface area contributed by atoms with Crippen LogP contribution < -0.4 is 0 Å². The van der Waals surface area contributed by atoms with Gasteiger partial charge in [-0.15, -0.1) is 13.2 Å². The van der Waals surface area contributed by atoms with Gasteiger partial charge in [0.1, 0.15) is 8.07 Å². The molecule has 1 heteroatoms. The molecule has 1 fully saturated rings. The highest BCUT2D eigenvalue weighted by Crippen LogP contribution is 2.38. The minimum atomic E-state index is -1.21. The number of hydrogen-bond acceptors (Lipinski definition) is 0. The minimum absolute atomic E-state index is 0.881. The first-order chi connectivity index (χ1) is 5.25. The van der Waals surface area contributed by atoms with Gasteiger partial charge in [0.25, 0.3) is 0 Å². The summed E-state index contributed by atoms with van der Waals surface area (Å²) in [5.74, 6) is 0. The van der Waals surface area contributed by atoms with Crippen LogP contribution in [0.25, 0.3) is 0 Å². The van der Waals surface area contributed by atoms with E-state index in [-0.39, 0.29) is 0 Å². The molecule has 1 saturated heterocycles. The second kappa shape index (κ2) is 3.40. The fourth-order valence-corrected chi connectivity index (χ4v) is 5.56. The Morgan fingerprint density at radius 3 is 2.27 bits per heavy atom. The van der Waals surface area contributed by atoms with Crippen LogP contribution in [-0.4, -0.2) is 8.07 Å². The van der Waals surface area contributed by atoms with Gasteiger partial charge in [-0.2, -0.15) is 0 Å². The van der Waals surface area contributed by atoms with Gasteiger partial charge in [0, 0.05) is 0 Å². The first-order valence-corrected chi connectivity index (χ1v) is 6.96. The van der Waals surface area contributed by atoms with Crippen molar-refractivity contribution in [2.75, 3.05) is 0 Å². The highest BCUT2D eigenvalue weighted by molar-refractivity contribution is 6.90. The fraction of sp³-hybridized carbons (Fsp3) is 0.600. The summed E-state index contributed by atoms with van der Waals surface area (Å²) in [5, 5.41) is 0. The Morgan fingerprint density at radius 2 is 1.91 bits per heavy atom. The summed E-state index contributed by atoms with van der Waals surface area (Å²) < 4.78 is 0. The zero-order chi connectivity index (χ0) is 8.32. The molecular formula is C10H18Si. The van der Waals surface area contributed by atoms with Crippen LogP contribution in [0.5, 0.6) is 0 Å². The van der Waals surface area contributed by atoms with Crippen LogP contribution in [0.1, 0.15) is 26.2 Å². The largest absolute Gasteiger partial charge is 0.107 e. The lowest BCUT2D eigenvalue weighted by atomic mass is 10.2. The van der Waals surface area contributed by atoms with E-state index in [1.54, 1.807) is 0 Å². The summed E-state index contributed by atoms with van der Waals surface area (Å²) in [4.78, 5) is 0. The van der Waals surface area contributed by atoms with Gasteiger partial charge in [0.15, 0.2) is 0 Å². The van der Waals surface area contributed by atoms with E-state index in [0.717, 1.165) is 5.54 Å². The lowest BCUT2D eigenvalue weighted by molar-refractivity contribution is 0.642. The van der Waals surface area contributed by atoms with Gasteiger partial charge < -0.3 is 0 Å². The second-order valence-electron chi connectivity index (χ2n) is 3.67. The molecule has 0 aromatic rings. The maximum Gasteiger partial charge on any atom is 0.103 e. The zero-order valence-electron chi connectivity index (χ0n) is 7.47. The van der Waals surface area contributed by atoms with Gasteiger partial charge in [-0.05, 0) is 5.54 Å². The molecule has 1 aliphatic rings. The molecule has 1 atom stereocenters. The van der Waals surface area contributed by atoms with Gasteiger partial charge >= 0.3 is 0 Å². The molecular weight excluding hydrogens is 148 g/mol. The molecule has 0 spiro atoms. The molecule has 0 aromatic heterocycles. The van der Waals surface area contributed by atoms with E-state index < -0.39 is 8.07 Å². The monoisotopic (exact) mass is 166 g/mol. The van der Waals surface area contributed by atoms with Crippen LogP contribution >= 0.6 is 0 Å². The molecule has 1 heterocycles. The van der Waals surface area contributed by atoms with Crippen molar-refractivity contribution in [1.82, 2.24) is 0 Å². The van der Waals surface area contributed by atoms with Crippen molar-refractivity contribution in [2.24, 2.45) is 0 Å². The summed E-state index contributed by atoms with van der Waals surface area (Å²) in [6.45, 7) is 10.3. The SMILES string of the molecule is C=C[Si]1(C=C)CCCCC1C. The van der Waals surface area contributed by atoms with Crippen molar-refractivity contribution >= 4 is 8.07 Å². The zero-order valence-corrected chi connectivity index (χ0v) is 8.47. The predicted octanol–water partition coefficient (Wildman–Crippen LogP) is 3.46. The molecule has 1 unspecified atom stereocenters. The molecule has 0 N–H and O–H groups in total. The molecule has 11 heavy (non-hydrogen) atoms. The van der Waals surface area contributed by atoms with Gasteiger partial charge in [-0.3, -0.25) is 0 Å². The molecule has 62 valence electrons. The van der Waals surface area contributed by atoms with Crippen LogP contribution in [0.15, 0.2) is 24.6 Å². The van der Waals surface area contributed by atoms with E-state index in [4.69, 9.17) is 0 Å². The van der Waals surface area contributed by atoms with Gasteiger partial charge in [0.05, 0.1) is 0 Å².